The number of nitrogens with one attached hydrogen (secondary N) is 2. The van der Waals surface area contributed by atoms with Crippen LogP contribution in [0.4, 0.5) is 15.3 Å². The van der Waals surface area contributed by atoms with Crippen molar-refractivity contribution in [2.24, 2.45) is 0 Å². The van der Waals surface area contributed by atoms with Crippen molar-refractivity contribution in [3.05, 3.63) is 46.2 Å². The van der Waals surface area contributed by atoms with Gasteiger partial charge in [-0.15, -0.1) is 0 Å². The summed E-state index contributed by atoms with van der Waals surface area (Å²) in [5, 5.41) is 11.4. The van der Waals surface area contributed by atoms with Crippen molar-refractivity contribution in [3.63, 3.8) is 0 Å². The molecule has 8 nitrogen and oxygen atoms in total. The Morgan fingerprint density at radius 2 is 1.81 bits per heavy atom. The highest BCUT2D eigenvalue weighted by molar-refractivity contribution is 6.30. The predicted octanol–water partition coefficient (Wildman–Crippen LogP) is 5.75. The number of carbonyl (C=O) groups excluding carboxylic acids is 2. The summed E-state index contributed by atoms with van der Waals surface area (Å²) < 4.78 is 12.2. The first-order chi connectivity index (χ1) is 14.7. The molecule has 2 atom stereocenters. The highest BCUT2D eigenvalue weighted by Crippen LogP contribution is 2.41. The monoisotopic (exact) mass is 462 g/mol. The maximum atomic E-state index is 12.9. The second-order valence-corrected chi connectivity index (χ2v) is 10.4. The van der Waals surface area contributed by atoms with Crippen LogP contribution in [-0.4, -0.2) is 33.2 Å². The van der Waals surface area contributed by atoms with E-state index in [1.54, 1.807) is 48.5 Å². The summed E-state index contributed by atoms with van der Waals surface area (Å²) in [4.78, 5) is 25.5. The van der Waals surface area contributed by atoms with Crippen molar-refractivity contribution in [3.8, 4) is 0 Å². The standard InChI is InChI=1S/C23H31ClN4O4/c1-13-18-19(28(27-13)21(30)32-23(5,6)7)17(26-20(29)31-22(2,3)4)12-16(25-18)14-9-8-10-15(24)11-14/h8-11,16-17,25H,12H2,1-7H3,(H,26,29)/t16-,17+/m0/s1. The van der Waals surface area contributed by atoms with Gasteiger partial charge in [0.2, 0.25) is 0 Å². The van der Waals surface area contributed by atoms with Crippen LogP contribution in [-0.2, 0) is 9.47 Å². The third-order valence-corrected chi connectivity index (χ3v) is 4.96. The molecule has 1 aromatic heterocycles. The Hall–Kier alpha value is -2.74. The Morgan fingerprint density at radius 3 is 2.41 bits per heavy atom. The molecule has 0 saturated heterocycles. The molecule has 1 aliphatic rings. The molecule has 0 spiro atoms. The Kier molecular flexibility index (Phi) is 6.47. The number of hydrogen-bond acceptors (Lipinski definition) is 6. The fraction of sp³-hybridized carbons (Fsp3) is 0.522. The lowest BCUT2D eigenvalue weighted by Crippen LogP contribution is -2.40. The van der Waals surface area contributed by atoms with Crippen LogP contribution >= 0.6 is 11.6 Å². The summed E-state index contributed by atoms with van der Waals surface area (Å²) in [5.74, 6) is 0. The number of nitrogens with zero attached hydrogens (tertiary/aromatic N) is 2. The molecule has 0 unspecified atom stereocenters. The maximum absolute atomic E-state index is 12.9. The summed E-state index contributed by atoms with van der Waals surface area (Å²) in [6.45, 7) is 12.6. The largest absolute Gasteiger partial charge is 0.444 e. The van der Waals surface area contributed by atoms with Gasteiger partial charge >= 0.3 is 12.2 Å². The summed E-state index contributed by atoms with van der Waals surface area (Å²) in [6, 6.07) is 6.83. The van der Waals surface area contributed by atoms with Crippen LogP contribution in [0.25, 0.3) is 0 Å². The highest BCUT2D eigenvalue weighted by Gasteiger charge is 2.37. The van der Waals surface area contributed by atoms with Crippen LogP contribution in [0.1, 0.15) is 77.0 Å². The van der Waals surface area contributed by atoms with E-state index in [4.69, 9.17) is 21.1 Å². The molecular weight excluding hydrogens is 432 g/mol. The fourth-order valence-electron chi connectivity index (χ4n) is 3.59. The highest BCUT2D eigenvalue weighted by atomic mass is 35.5. The molecule has 2 aromatic rings. The van der Waals surface area contributed by atoms with Gasteiger partial charge in [0.15, 0.2) is 0 Å². The van der Waals surface area contributed by atoms with Gasteiger partial charge in [0.25, 0.3) is 0 Å². The first-order valence-corrected chi connectivity index (χ1v) is 11.0. The topological polar surface area (TPSA) is 94.5 Å². The lowest BCUT2D eigenvalue weighted by atomic mass is 9.92. The molecule has 1 aliphatic heterocycles. The van der Waals surface area contributed by atoms with Gasteiger partial charge in [-0.3, -0.25) is 0 Å². The van der Waals surface area contributed by atoms with Crippen molar-refractivity contribution in [2.45, 2.75) is 78.2 Å². The quantitative estimate of drug-likeness (QED) is 0.590. The Morgan fingerprint density at radius 1 is 1.16 bits per heavy atom. The molecule has 1 aromatic carbocycles. The van der Waals surface area contributed by atoms with E-state index in [9.17, 15) is 9.59 Å². The number of anilines is 1. The number of aryl methyl sites for hydroxylation is 1. The zero-order valence-electron chi connectivity index (χ0n) is 19.6. The summed E-state index contributed by atoms with van der Waals surface area (Å²) in [5.41, 5.74) is 1.43. The third-order valence-electron chi connectivity index (χ3n) is 4.72. The van der Waals surface area contributed by atoms with Crippen molar-refractivity contribution >= 4 is 29.5 Å². The van der Waals surface area contributed by atoms with Gasteiger partial charge in [-0.1, -0.05) is 23.7 Å². The first kappa shape index (κ1) is 23.9. The van der Waals surface area contributed by atoms with Gasteiger partial charge in [0.1, 0.15) is 11.2 Å². The molecule has 1 amide bonds. The molecular formula is C23H31ClN4O4. The molecule has 2 N–H and O–H groups in total. The molecule has 174 valence electrons. The van der Waals surface area contributed by atoms with Crippen LogP contribution in [0.5, 0.6) is 0 Å². The minimum absolute atomic E-state index is 0.156. The maximum Gasteiger partial charge on any atom is 0.435 e. The van der Waals surface area contributed by atoms with Crippen LogP contribution < -0.4 is 10.6 Å². The zero-order chi connectivity index (χ0) is 23.8. The number of carbonyl (C=O) groups is 2. The van der Waals surface area contributed by atoms with E-state index in [1.807, 2.05) is 24.3 Å². The SMILES string of the molecule is Cc1nn(C(=O)OC(C)(C)C)c2c1N[C@H](c1cccc(Cl)c1)C[C@H]2NC(=O)OC(C)(C)C. The normalized spacial score (nSPS) is 18.4. The number of hydrogen-bond donors (Lipinski definition) is 2. The number of alkyl carbamates (subject to hydrolysis) is 1. The zero-order valence-corrected chi connectivity index (χ0v) is 20.3. The first-order valence-electron chi connectivity index (χ1n) is 10.6. The molecule has 3 rings (SSSR count). The number of halogens is 1. The number of ether oxygens (including phenoxy) is 2. The number of fused-ring (bicyclic) bond motifs is 1. The summed E-state index contributed by atoms with van der Waals surface area (Å²) >= 11 is 6.20. The second kappa shape index (κ2) is 8.65. The van der Waals surface area contributed by atoms with Crippen LogP contribution in [0.3, 0.4) is 0 Å². The smallest absolute Gasteiger partial charge is 0.435 e. The molecule has 0 radical (unpaired) electrons. The number of benzene rings is 1. The average molecular weight is 463 g/mol. The molecule has 0 fully saturated rings. The molecule has 0 bridgehead atoms. The van der Waals surface area contributed by atoms with Crippen LogP contribution in [0.15, 0.2) is 24.3 Å². The molecule has 0 saturated carbocycles. The van der Waals surface area contributed by atoms with Crippen LogP contribution in [0.2, 0.25) is 5.02 Å². The van der Waals surface area contributed by atoms with Crippen molar-refractivity contribution in [1.82, 2.24) is 15.1 Å². The lowest BCUT2D eigenvalue weighted by Gasteiger charge is -2.33. The van der Waals surface area contributed by atoms with Crippen molar-refractivity contribution < 1.29 is 19.1 Å². The Labute approximate surface area is 193 Å². The van der Waals surface area contributed by atoms with Gasteiger partial charge in [-0.2, -0.15) is 9.78 Å². The van der Waals surface area contributed by atoms with E-state index in [2.05, 4.69) is 15.7 Å². The summed E-state index contributed by atoms with van der Waals surface area (Å²) in [7, 11) is 0. The van der Waals surface area contributed by atoms with E-state index in [-0.39, 0.29) is 6.04 Å². The summed E-state index contributed by atoms with van der Waals surface area (Å²) in [6.07, 6.45) is -0.726. The predicted molar refractivity (Wildman–Crippen MR) is 123 cm³/mol. The Bertz CT molecular complexity index is 1020. The number of rotatable bonds is 2. The van der Waals surface area contributed by atoms with Gasteiger partial charge in [0.05, 0.1) is 29.2 Å². The van der Waals surface area contributed by atoms with E-state index in [1.165, 1.54) is 4.68 Å². The molecule has 9 heteroatoms. The molecule has 2 heterocycles. The van der Waals surface area contributed by atoms with Gasteiger partial charge in [0, 0.05) is 5.02 Å². The fourth-order valence-corrected chi connectivity index (χ4v) is 3.79. The van der Waals surface area contributed by atoms with Crippen molar-refractivity contribution in [2.75, 3.05) is 5.32 Å². The van der Waals surface area contributed by atoms with E-state index < -0.39 is 29.4 Å². The van der Waals surface area contributed by atoms with Gasteiger partial charge < -0.3 is 20.1 Å². The number of amides is 1. The lowest BCUT2D eigenvalue weighted by molar-refractivity contribution is 0.0459. The van der Waals surface area contributed by atoms with Crippen molar-refractivity contribution in [1.29, 1.82) is 0 Å². The Balaban J connectivity index is 2.01. The minimum Gasteiger partial charge on any atom is -0.444 e. The van der Waals surface area contributed by atoms with Crippen LogP contribution in [0, 0.1) is 6.92 Å². The third kappa shape index (κ3) is 5.73. The van der Waals surface area contributed by atoms with E-state index >= 15 is 0 Å². The van der Waals surface area contributed by atoms with Gasteiger partial charge in [-0.05, 0) is 72.6 Å². The average Bonchev–Trinajstić information content (AvgIpc) is 2.96. The minimum atomic E-state index is -0.691. The van der Waals surface area contributed by atoms with E-state index in [0.29, 0.717) is 28.5 Å². The van der Waals surface area contributed by atoms with E-state index in [0.717, 1.165) is 5.56 Å². The van der Waals surface area contributed by atoms with Gasteiger partial charge in [-0.25, -0.2) is 9.59 Å². The number of aromatic nitrogens is 2. The molecule has 32 heavy (non-hydrogen) atoms. The second-order valence-electron chi connectivity index (χ2n) is 9.92. The molecule has 0 aliphatic carbocycles.